The van der Waals surface area contributed by atoms with E-state index < -0.39 is 0 Å². The number of nitrogens with one attached hydrogen (secondary N) is 1. The summed E-state index contributed by atoms with van der Waals surface area (Å²) in [7, 11) is 1.82. The normalized spacial score (nSPS) is 21.6. The minimum Gasteiger partial charge on any atom is -0.309 e. The molecular weight excluding hydrogens is 255 g/mol. The van der Waals surface area contributed by atoms with Crippen LogP contribution in [0.15, 0.2) is 24.3 Å². The average Bonchev–Trinajstić information content (AvgIpc) is 2.49. The van der Waals surface area contributed by atoms with Gasteiger partial charge in [0, 0.05) is 12.6 Å². The standard InChI is InChI=1S/C16H23FN2O/c1-18-15(12-20)16-8-4-5-10-19(16)11-9-13-6-2-3-7-14(13)17/h2-3,6-7,12,15-16,18H,4-5,8-11H2,1H3. The van der Waals surface area contributed by atoms with Crippen LogP contribution in [0.25, 0.3) is 0 Å². The van der Waals surface area contributed by atoms with Crippen molar-refractivity contribution in [2.75, 3.05) is 20.1 Å². The van der Waals surface area contributed by atoms with Gasteiger partial charge in [-0.1, -0.05) is 24.6 Å². The van der Waals surface area contributed by atoms with Gasteiger partial charge in [-0.2, -0.15) is 0 Å². The van der Waals surface area contributed by atoms with Crippen LogP contribution in [0, 0.1) is 5.82 Å². The minimum atomic E-state index is -0.137. The van der Waals surface area contributed by atoms with Crippen LogP contribution >= 0.6 is 0 Å². The largest absolute Gasteiger partial charge is 0.309 e. The minimum absolute atomic E-state index is 0.129. The topological polar surface area (TPSA) is 32.3 Å². The monoisotopic (exact) mass is 278 g/mol. The Morgan fingerprint density at radius 2 is 2.25 bits per heavy atom. The Morgan fingerprint density at radius 1 is 1.45 bits per heavy atom. The summed E-state index contributed by atoms with van der Waals surface area (Å²) in [6, 6.07) is 7.03. The molecule has 1 saturated heterocycles. The zero-order chi connectivity index (χ0) is 14.4. The third-order valence-corrected chi connectivity index (χ3v) is 4.18. The van der Waals surface area contributed by atoms with Crippen molar-refractivity contribution in [2.45, 2.75) is 37.8 Å². The fourth-order valence-electron chi connectivity index (χ4n) is 3.02. The zero-order valence-electron chi connectivity index (χ0n) is 12.0. The molecule has 3 nitrogen and oxygen atoms in total. The second kappa shape index (κ2) is 7.50. The number of benzene rings is 1. The first kappa shape index (κ1) is 15.1. The third kappa shape index (κ3) is 3.64. The molecular formula is C16H23FN2O. The van der Waals surface area contributed by atoms with Gasteiger partial charge in [-0.3, -0.25) is 4.90 Å². The molecule has 1 aromatic rings. The van der Waals surface area contributed by atoms with Crippen molar-refractivity contribution in [1.29, 1.82) is 0 Å². The molecule has 0 aliphatic carbocycles. The number of piperidine rings is 1. The molecule has 1 fully saturated rings. The van der Waals surface area contributed by atoms with Gasteiger partial charge in [-0.15, -0.1) is 0 Å². The van der Waals surface area contributed by atoms with Gasteiger partial charge in [-0.25, -0.2) is 4.39 Å². The second-order valence-electron chi connectivity index (χ2n) is 5.39. The number of rotatable bonds is 6. The predicted octanol–water partition coefficient (Wildman–Crippen LogP) is 2.01. The third-order valence-electron chi connectivity index (χ3n) is 4.18. The van der Waals surface area contributed by atoms with Gasteiger partial charge in [0.05, 0.1) is 6.04 Å². The van der Waals surface area contributed by atoms with Crippen LogP contribution in [0.3, 0.4) is 0 Å². The van der Waals surface area contributed by atoms with Crippen LogP contribution in [0.1, 0.15) is 24.8 Å². The summed E-state index contributed by atoms with van der Waals surface area (Å²) < 4.78 is 13.6. The Labute approximate surface area is 120 Å². The van der Waals surface area contributed by atoms with Gasteiger partial charge in [0.2, 0.25) is 0 Å². The Balaban J connectivity index is 1.98. The van der Waals surface area contributed by atoms with E-state index in [1.54, 1.807) is 6.07 Å². The molecule has 4 heteroatoms. The Kier molecular flexibility index (Phi) is 5.68. The number of likely N-dealkylation sites (N-methyl/N-ethyl adjacent to an activating group) is 1. The molecule has 2 rings (SSSR count). The van der Waals surface area contributed by atoms with E-state index >= 15 is 0 Å². The van der Waals surface area contributed by atoms with Gasteiger partial charge in [-0.05, 0) is 44.5 Å². The Hall–Kier alpha value is -1.26. The highest BCUT2D eigenvalue weighted by Crippen LogP contribution is 2.20. The number of hydrogen-bond acceptors (Lipinski definition) is 3. The fourth-order valence-corrected chi connectivity index (χ4v) is 3.02. The summed E-state index contributed by atoms with van der Waals surface area (Å²) in [5.74, 6) is -0.137. The highest BCUT2D eigenvalue weighted by atomic mass is 19.1. The Morgan fingerprint density at radius 3 is 2.95 bits per heavy atom. The van der Waals surface area contributed by atoms with E-state index in [-0.39, 0.29) is 17.9 Å². The first-order valence-corrected chi connectivity index (χ1v) is 7.36. The maximum atomic E-state index is 13.6. The highest BCUT2D eigenvalue weighted by Gasteiger charge is 2.28. The molecule has 0 spiro atoms. The van der Waals surface area contributed by atoms with Crippen molar-refractivity contribution >= 4 is 6.29 Å². The average molecular weight is 278 g/mol. The second-order valence-corrected chi connectivity index (χ2v) is 5.39. The highest BCUT2D eigenvalue weighted by molar-refractivity contribution is 5.59. The van der Waals surface area contributed by atoms with Gasteiger partial charge >= 0.3 is 0 Å². The molecule has 0 saturated carbocycles. The first-order valence-electron chi connectivity index (χ1n) is 7.36. The molecule has 0 radical (unpaired) electrons. The summed E-state index contributed by atoms with van der Waals surface area (Å²) in [6.07, 6.45) is 5.03. The molecule has 0 amide bonds. The molecule has 1 N–H and O–H groups in total. The van der Waals surface area contributed by atoms with E-state index in [1.807, 2.05) is 19.2 Å². The molecule has 1 aliphatic heterocycles. The van der Waals surface area contributed by atoms with Crippen molar-refractivity contribution in [3.63, 3.8) is 0 Å². The van der Waals surface area contributed by atoms with Crippen LogP contribution in [-0.2, 0) is 11.2 Å². The fraction of sp³-hybridized carbons (Fsp3) is 0.562. The van der Waals surface area contributed by atoms with Gasteiger partial charge in [0.1, 0.15) is 12.1 Å². The SMILES string of the molecule is CNC(C=O)C1CCCCN1CCc1ccccc1F. The first-order chi connectivity index (χ1) is 9.76. The van der Waals surface area contributed by atoms with Gasteiger partial charge < -0.3 is 10.1 Å². The molecule has 1 heterocycles. The summed E-state index contributed by atoms with van der Waals surface area (Å²) in [4.78, 5) is 13.5. The van der Waals surface area contributed by atoms with Crippen molar-refractivity contribution in [3.8, 4) is 0 Å². The number of aldehydes is 1. The quantitative estimate of drug-likeness (QED) is 0.808. The zero-order valence-corrected chi connectivity index (χ0v) is 12.0. The van der Waals surface area contributed by atoms with E-state index in [2.05, 4.69) is 10.2 Å². The van der Waals surface area contributed by atoms with Gasteiger partial charge in [0.15, 0.2) is 0 Å². The molecule has 110 valence electrons. The molecule has 1 aliphatic rings. The maximum Gasteiger partial charge on any atom is 0.138 e. The molecule has 20 heavy (non-hydrogen) atoms. The summed E-state index contributed by atoms with van der Waals surface area (Å²) in [5, 5.41) is 3.08. The van der Waals surface area contributed by atoms with Crippen molar-refractivity contribution < 1.29 is 9.18 Å². The van der Waals surface area contributed by atoms with Crippen LogP contribution in [-0.4, -0.2) is 43.4 Å². The predicted molar refractivity (Wildman–Crippen MR) is 78.2 cm³/mol. The molecule has 0 bridgehead atoms. The van der Waals surface area contributed by atoms with E-state index in [4.69, 9.17) is 0 Å². The molecule has 2 unspecified atom stereocenters. The van der Waals surface area contributed by atoms with E-state index in [0.717, 1.165) is 44.2 Å². The maximum absolute atomic E-state index is 13.6. The number of halogens is 1. The van der Waals surface area contributed by atoms with Crippen molar-refractivity contribution in [1.82, 2.24) is 10.2 Å². The number of carbonyl (C=O) groups excluding carboxylic acids is 1. The van der Waals surface area contributed by atoms with E-state index in [0.29, 0.717) is 6.42 Å². The lowest BCUT2D eigenvalue weighted by molar-refractivity contribution is -0.111. The van der Waals surface area contributed by atoms with Crippen LogP contribution in [0.5, 0.6) is 0 Å². The van der Waals surface area contributed by atoms with E-state index in [1.165, 1.54) is 6.07 Å². The lowest BCUT2D eigenvalue weighted by Crippen LogP contribution is -2.52. The summed E-state index contributed by atoms with van der Waals surface area (Å²) >= 11 is 0. The number of carbonyl (C=O) groups is 1. The smallest absolute Gasteiger partial charge is 0.138 e. The van der Waals surface area contributed by atoms with Crippen molar-refractivity contribution in [3.05, 3.63) is 35.6 Å². The lowest BCUT2D eigenvalue weighted by Gasteiger charge is -2.38. The number of likely N-dealkylation sites (tertiary alicyclic amines) is 1. The van der Waals surface area contributed by atoms with Crippen LogP contribution < -0.4 is 5.32 Å². The number of nitrogens with zero attached hydrogens (tertiary/aromatic N) is 1. The molecule has 2 atom stereocenters. The number of hydrogen-bond donors (Lipinski definition) is 1. The van der Waals surface area contributed by atoms with Crippen molar-refractivity contribution in [2.24, 2.45) is 0 Å². The van der Waals surface area contributed by atoms with Gasteiger partial charge in [0.25, 0.3) is 0 Å². The molecule has 0 aromatic heterocycles. The van der Waals surface area contributed by atoms with E-state index in [9.17, 15) is 9.18 Å². The summed E-state index contributed by atoms with van der Waals surface area (Å²) in [6.45, 7) is 1.79. The summed E-state index contributed by atoms with van der Waals surface area (Å²) in [5.41, 5.74) is 0.754. The lowest BCUT2D eigenvalue weighted by atomic mass is 9.95. The molecule has 1 aromatic carbocycles. The van der Waals surface area contributed by atoms with Crippen LogP contribution in [0.2, 0.25) is 0 Å². The Bertz CT molecular complexity index is 438. The van der Waals surface area contributed by atoms with Crippen LogP contribution in [0.4, 0.5) is 4.39 Å².